The maximum atomic E-state index is 4.35. The van der Waals surface area contributed by atoms with Crippen molar-refractivity contribution in [2.75, 3.05) is 0 Å². The van der Waals surface area contributed by atoms with E-state index in [4.69, 9.17) is 0 Å². The van der Waals surface area contributed by atoms with Crippen LogP contribution in [0, 0.1) is 0 Å². The van der Waals surface area contributed by atoms with Gasteiger partial charge in [0.2, 0.25) is 0 Å². The Balaban J connectivity index is 0.000000640. The molecule has 0 N–H and O–H groups in total. The molecule has 0 saturated carbocycles. The van der Waals surface area contributed by atoms with Gasteiger partial charge in [0.15, 0.2) is 0 Å². The fraction of sp³-hybridized carbons (Fsp3) is 0. The number of hydrogen-bond donors (Lipinski definition) is 0. The van der Waals surface area contributed by atoms with Crippen LogP contribution in [0.2, 0.25) is 0 Å². The van der Waals surface area contributed by atoms with Gasteiger partial charge in [0, 0.05) is 41.7 Å². The molecule has 0 fully saturated rings. The summed E-state index contributed by atoms with van der Waals surface area (Å²) in [5.74, 6) is 0. The molecule has 16 heavy (non-hydrogen) atoms. The van der Waals surface area contributed by atoms with Gasteiger partial charge in [-0.1, -0.05) is 24.3 Å². The van der Waals surface area contributed by atoms with Crippen LogP contribution < -0.4 is 51.4 Å². The molecule has 3 aromatic rings. The predicted molar refractivity (Wildman–Crippen MR) is 57.0 cm³/mol. The number of hydrogen-bond acceptors (Lipinski definition) is 2. The van der Waals surface area contributed by atoms with Crippen molar-refractivity contribution in [1.29, 1.82) is 0 Å². The van der Waals surface area contributed by atoms with E-state index in [1.165, 1.54) is 0 Å². The summed E-state index contributed by atoms with van der Waals surface area (Å²) in [5.41, 5.74) is 1.95. The first-order valence-electron chi connectivity index (χ1n) is 4.53. The molecule has 71 valence electrons. The Labute approximate surface area is 148 Å². The smallest absolute Gasteiger partial charge is 0.254 e. The largest absolute Gasteiger partial charge is 1.00 e. The zero-order valence-corrected chi connectivity index (χ0v) is 13.5. The van der Waals surface area contributed by atoms with Crippen LogP contribution in [0.3, 0.4) is 0 Å². The molecule has 1 radical (unpaired) electrons. The van der Waals surface area contributed by atoms with E-state index in [1.807, 2.05) is 12.1 Å². The van der Waals surface area contributed by atoms with E-state index in [-0.39, 0.29) is 69.9 Å². The number of nitrogens with zero attached hydrogens (tertiary/aromatic N) is 2. The van der Waals surface area contributed by atoms with E-state index in [2.05, 4.69) is 34.2 Å². The summed E-state index contributed by atoms with van der Waals surface area (Å²) in [6, 6.07) is 12.1. The fourth-order valence-electron chi connectivity index (χ4n) is 1.68. The molecule has 3 rings (SSSR count). The van der Waals surface area contributed by atoms with Crippen LogP contribution in [-0.4, -0.2) is 9.97 Å². The first kappa shape index (κ1) is 14.3. The predicted octanol–water partition coefficient (Wildman–Crippen LogP) is -0.216. The standard InChI is InChI=1S/C12H8N2.K.V/c1-3-9-5-6-10-4-2-8-14-12(10)11(9)13-7-1;;/h1-8H;;/q;+1;. The second kappa shape index (κ2) is 6.26. The molecule has 1 aromatic carbocycles. The van der Waals surface area contributed by atoms with Gasteiger partial charge in [-0.25, -0.2) is 0 Å². The van der Waals surface area contributed by atoms with E-state index in [9.17, 15) is 0 Å². The summed E-state index contributed by atoms with van der Waals surface area (Å²) >= 11 is 0. The van der Waals surface area contributed by atoms with Crippen LogP contribution in [-0.2, 0) is 18.6 Å². The van der Waals surface area contributed by atoms with Gasteiger partial charge in [0.25, 0.3) is 0 Å². The van der Waals surface area contributed by atoms with Gasteiger partial charge < -0.3 is 0 Å². The average molecular weight is 270 g/mol. The summed E-state index contributed by atoms with van der Waals surface area (Å²) in [4.78, 5) is 8.69. The number of fused-ring (bicyclic) bond motifs is 3. The van der Waals surface area contributed by atoms with Crippen molar-refractivity contribution in [2.24, 2.45) is 0 Å². The van der Waals surface area contributed by atoms with Crippen molar-refractivity contribution in [3.8, 4) is 0 Å². The van der Waals surface area contributed by atoms with Crippen molar-refractivity contribution in [1.82, 2.24) is 9.97 Å². The first-order chi connectivity index (χ1) is 6.95. The normalized spacial score (nSPS) is 9.50. The van der Waals surface area contributed by atoms with Crippen LogP contribution in [0.4, 0.5) is 0 Å². The third-order valence-corrected chi connectivity index (χ3v) is 2.34. The minimum atomic E-state index is 0. The average Bonchev–Trinajstić information content (AvgIpc) is 2.29. The SMILES string of the molecule is [K+].[V].c1cnc2c(c1)ccc1cccnc12. The second-order valence-corrected chi connectivity index (χ2v) is 3.22. The Bertz CT molecular complexity index is 558. The molecule has 2 nitrogen and oxygen atoms in total. The Morgan fingerprint density at radius 1 is 0.688 bits per heavy atom. The van der Waals surface area contributed by atoms with Crippen LogP contribution in [0.1, 0.15) is 0 Å². The number of aromatic nitrogens is 2. The topological polar surface area (TPSA) is 25.8 Å². The van der Waals surface area contributed by atoms with Crippen molar-refractivity contribution >= 4 is 21.8 Å². The van der Waals surface area contributed by atoms with Crippen molar-refractivity contribution < 1.29 is 69.9 Å². The number of pyridine rings is 2. The first-order valence-corrected chi connectivity index (χ1v) is 4.53. The summed E-state index contributed by atoms with van der Waals surface area (Å²) in [5, 5.41) is 2.28. The zero-order chi connectivity index (χ0) is 9.38. The third-order valence-electron chi connectivity index (χ3n) is 2.34. The molecule has 2 aromatic heterocycles. The number of rotatable bonds is 0. The zero-order valence-electron chi connectivity index (χ0n) is 8.96. The monoisotopic (exact) mass is 270 g/mol. The van der Waals surface area contributed by atoms with E-state index in [0.717, 1.165) is 21.8 Å². The summed E-state index contributed by atoms with van der Waals surface area (Å²) in [7, 11) is 0. The molecule has 4 heteroatoms. The van der Waals surface area contributed by atoms with E-state index in [1.54, 1.807) is 12.4 Å². The van der Waals surface area contributed by atoms with E-state index in [0.29, 0.717) is 0 Å². The van der Waals surface area contributed by atoms with Gasteiger partial charge in [-0.3, -0.25) is 9.97 Å². The third kappa shape index (κ3) is 2.57. The van der Waals surface area contributed by atoms with E-state index < -0.39 is 0 Å². The van der Waals surface area contributed by atoms with Gasteiger partial charge in [0.05, 0.1) is 11.0 Å². The fourth-order valence-corrected chi connectivity index (χ4v) is 1.68. The van der Waals surface area contributed by atoms with Crippen molar-refractivity contribution in [3.63, 3.8) is 0 Å². The molecule has 0 amide bonds. The van der Waals surface area contributed by atoms with Gasteiger partial charge in [-0.05, 0) is 12.1 Å². The molecular formula is C12H8KN2V+. The summed E-state index contributed by atoms with van der Waals surface area (Å²) in [6.07, 6.45) is 3.60. The summed E-state index contributed by atoms with van der Waals surface area (Å²) in [6.45, 7) is 0. The van der Waals surface area contributed by atoms with Crippen LogP contribution >= 0.6 is 0 Å². The maximum absolute atomic E-state index is 4.35. The molecule has 0 aliphatic heterocycles. The van der Waals surface area contributed by atoms with Crippen molar-refractivity contribution in [3.05, 3.63) is 48.8 Å². The molecule has 0 aliphatic rings. The van der Waals surface area contributed by atoms with Gasteiger partial charge in [0.1, 0.15) is 0 Å². The maximum Gasteiger partial charge on any atom is 1.00 e. The molecule has 0 saturated heterocycles. The minimum Gasteiger partial charge on any atom is -0.254 e. The Hall–Kier alpha value is 0.261. The van der Waals surface area contributed by atoms with Gasteiger partial charge in [-0.15, -0.1) is 0 Å². The summed E-state index contributed by atoms with van der Waals surface area (Å²) < 4.78 is 0. The molecule has 0 atom stereocenters. The van der Waals surface area contributed by atoms with E-state index >= 15 is 0 Å². The molecular weight excluding hydrogens is 262 g/mol. The number of benzene rings is 1. The molecule has 2 heterocycles. The molecule has 0 unspecified atom stereocenters. The second-order valence-electron chi connectivity index (χ2n) is 3.22. The van der Waals surface area contributed by atoms with Crippen LogP contribution in [0.15, 0.2) is 48.8 Å². The van der Waals surface area contributed by atoms with Crippen LogP contribution in [0.5, 0.6) is 0 Å². The molecule has 0 bridgehead atoms. The Kier molecular flexibility index (Phi) is 5.61. The Morgan fingerprint density at radius 3 is 1.56 bits per heavy atom. The molecule has 0 spiro atoms. The molecule has 0 aliphatic carbocycles. The quantitative estimate of drug-likeness (QED) is 0.417. The Morgan fingerprint density at radius 2 is 1.12 bits per heavy atom. The van der Waals surface area contributed by atoms with Gasteiger partial charge in [-0.2, -0.15) is 0 Å². The van der Waals surface area contributed by atoms with Crippen LogP contribution in [0.25, 0.3) is 21.8 Å². The van der Waals surface area contributed by atoms with Crippen molar-refractivity contribution in [2.45, 2.75) is 0 Å². The van der Waals surface area contributed by atoms with Gasteiger partial charge >= 0.3 is 51.4 Å². The minimum absolute atomic E-state index is 0.